The van der Waals surface area contributed by atoms with E-state index in [1.54, 1.807) is 18.2 Å². The lowest BCUT2D eigenvalue weighted by molar-refractivity contribution is 0.229. The summed E-state index contributed by atoms with van der Waals surface area (Å²) in [5.41, 5.74) is 7.37. The third-order valence-corrected chi connectivity index (χ3v) is 3.35. The minimum Gasteiger partial charge on any atom is -0.484 e. The second-order valence-corrected chi connectivity index (χ2v) is 4.88. The summed E-state index contributed by atoms with van der Waals surface area (Å²) in [6.07, 6.45) is -0.209. The number of para-hydroxylation sites is 1. The molecule has 0 amide bonds. The smallest absolute Gasteiger partial charge is 0.146 e. The van der Waals surface area contributed by atoms with Gasteiger partial charge < -0.3 is 10.5 Å². The SMILES string of the molecule is CC(Oc1cccc2ccc(N)nc12)c1ccc(F)cc1. The molecule has 1 aromatic heterocycles. The van der Waals surface area contributed by atoms with Crippen molar-refractivity contribution < 1.29 is 9.13 Å². The topological polar surface area (TPSA) is 48.1 Å². The number of hydrogen-bond donors (Lipinski definition) is 1. The van der Waals surface area contributed by atoms with Gasteiger partial charge >= 0.3 is 0 Å². The molecule has 1 atom stereocenters. The average Bonchev–Trinajstić information content (AvgIpc) is 2.48. The Morgan fingerprint density at radius 2 is 1.81 bits per heavy atom. The van der Waals surface area contributed by atoms with E-state index in [4.69, 9.17) is 10.5 Å². The quantitative estimate of drug-likeness (QED) is 0.787. The van der Waals surface area contributed by atoms with Crippen LogP contribution in [-0.2, 0) is 0 Å². The third kappa shape index (κ3) is 2.79. The standard InChI is InChI=1S/C17H15FN2O/c1-11(12-5-8-14(18)9-6-12)21-15-4-2-3-13-7-10-16(19)20-17(13)15/h2-11H,1H3,(H2,19,20). The summed E-state index contributed by atoms with van der Waals surface area (Å²) in [6.45, 7) is 1.92. The maximum Gasteiger partial charge on any atom is 0.146 e. The molecule has 0 aliphatic rings. The van der Waals surface area contributed by atoms with E-state index in [0.29, 0.717) is 11.6 Å². The maximum atomic E-state index is 13.0. The van der Waals surface area contributed by atoms with Crippen LogP contribution < -0.4 is 10.5 Å². The zero-order valence-electron chi connectivity index (χ0n) is 11.6. The molecule has 3 aromatic rings. The Kier molecular flexibility index (Phi) is 3.44. The van der Waals surface area contributed by atoms with Gasteiger partial charge in [0, 0.05) is 5.39 Å². The van der Waals surface area contributed by atoms with E-state index in [-0.39, 0.29) is 11.9 Å². The summed E-state index contributed by atoms with van der Waals surface area (Å²) < 4.78 is 18.9. The Labute approximate surface area is 122 Å². The van der Waals surface area contributed by atoms with Crippen molar-refractivity contribution in [2.45, 2.75) is 13.0 Å². The molecule has 3 rings (SSSR count). The molecule has 0 aliphatic heterocycles. The number of hydrogen-bond acceptors (Lipinski definition) is 3. The molecule has 3 nitrogen and oxygen atoms in total. The van der Waals surface area contributed by atoms with E-state index in [1.807, 2.05) is 31.2 Å². The fourth-order valence-electron chi connectivity index (χ4n) is 2.22. The molecule has 0 saturated heterocycles. The van der Waals surface area contributed by atoms with Crippen LogP contribution in [0.3, 0.4) is 0 Å². The lowest BCUT2D eigenvalue weighted by Crippen LogP contribution is -2.04. The molecule has 0 aliphatic carbocycles. The van der Waals surface area contributed by atoms with Crippen molar-refractivity contribution >= 4 is 16.7 Å². The predicted octanol–water partition coefficient (Wildman–Crippen LogP) is 4.10. The summed E-state index contributed by atoms with van der Waals surface area (Å²) in [6, 6.07) is 15.7. The number of halogens is 1. The Morgan fingerprint density at radius 3 is 2.57 bits per heavy atom. The van der Waals surface area contributed by atoms with Crippen LogP contribution in [0.2, 0.25) is 0 Å². The minimum absolute atomic E-state index is 0.209. The van der Waals surface area contributed by atoms with Crippen LogP contribution in [0, 0.1) is 5.82 Å². The molecule has 0 saturated carbocycles. The average molecular weight is 282 g/mol. The number of ether oxygens (including phenoxy) is 1. The number of nitrogen functional groups attached to an aromatic ring is 1. The van der Waals surface area contributed by atoms with Gasteiger partial charge in [0.05, 0.1) is 0 Å². The van der Waals surface area contributed by atoms with Gasteiger partial charge in [0.15, 0.2) is 0 Å². The van der Waals surface area contributed by atoms with Crippen LogP contribution in [0.15, 0.2) is 54.6 Å². The largest absolute Gasteiger partial charge is 0.484 e. The molecule has 21 heavy (non-hydrogen) atoms. The Balaban J connectivity index is 1.94. The number of nitrogens with two attached hydrogens (primary N) is 1. The van der Waals surface area contributed by atoms with Crippen LogP contribution in [0.5, 0.6) is 5.75 Å². The summed E-state index contributed by atoms with van der Waals surface area (Å²) in [5.74, 6) is 0.857. The van der Waals surface area contributed by atoms with Gasteiger partial charge in [0.2, 0.25) is 0 Å². The Hall–Kier alpha value is -2.62. The van der Waals surface area contributed by atoms with Crippen molar-refractivity contribution in [3.05, 3.63) is 66.0 Å². The number of fused-ring (bicyclic) bond motifs is 1. The molecule has 1 heterocycles. The first-order valence-corrected chi connectivity index (χ1v) is 6.71. The van der Waals surface area contributed by atoms with Crippen molar-refractivity contribution in [1.29, 1.82) is 0 Å². The number of pyridine rings is 1. The number of nitrogens with zero attached hydrogens (tertiary/aromatic N) is 1. The maximum absolute atomic E-state index is 13.0. The van der Waals surface area contributed by atoms with E-state index in [9.17, 15) is 4.39 Å². The van der Waals surface area contributed by atoms with Crippen molar-refractivity contribution in [2.24, 2.45) is 0 Å². The second-order valence-electron chi connectivity index (χ2n) is 4.88. The summed E-state index contributed by atoms with van der Waals surface area (Å²) in [5, 5.41) is 0.966. The first-order valence-electron chi connectivity index (χ1n) is 6.71. The van der Waals surface area contributed by atoms with Gasteiger partial charge in [-0.15, -0.1) is 0 Å². The molecule has 0 spiro atoms. The van der Waals surface area contributed by atoms with Crippen molar-refractivity contribution in [3.63, 3.8) is 0 Å². The van der Waals surface area contributed by atoms with Gasteiger partial charge in [-0.05, 0) is 42.8 Å². The van der Waals surface area contributed by atoms with Crippen molar-refractivity contribution in [1.82, 2.24) is 4.98 Å². The van der Waals surface area contributed by atoms with Gasteiger partial charge in [-0.3, -0.25) is 0 Å². The van der Waals surface area contributed by atoms with E-state index >= 15 is 0 Å². The number of benzene rings is 2. The number of rotatable bonds is 3. The molecule has 1 unspecified atom stereocenters. The zero-order chi connectivity index (χ0) is 14.8. The number of anilines is 1. The highest BCUT2D eigenvalue weighted by atomic mass is 19.1. The van der Waals surface area contributed by atoms with Crippen molar-refractivity contribution in [3.8, 4) is 5.75 Å². The van der Waals surface area contributed by atoms with E-state index in [0.717, 1.165) is 16.5 Å². The second kappa shape index (κ2) is 5.40. The highest BCUT2D eigenvalue weighted by Gasteiger charge is 2.10. The van der Waals surface area contributed by atoms with Gasteiger partial charge in [0.1, 0.15) is 29.0 Å². The monoisotopic (exact) mass is 282 g/mol. The van der Waals surface area contributed by atoms with Gasteiger partial charge in [0.25, 0.3) is 0 Å². The van der Waals surface area contributed by atoms with E-state index < -0.39 is 0 Å². The highest BCUT2D eigenvalue weighted by molar-refractivity contribution is 5.85. The molecule has 2 aromatic carbocycles. The van der Waals surface area contributed by atoms with Crippen LogP contribution in [-0.4, -0.2) is 4.98 Å². The normalized spacial score (nSPS) is 12.3. The van der Waals surface area contributed by atoms with Gasteiger partial charge in [-0.25, -0.2) is 9.37 Å². The Morgan fingerprint density at radius 1 is 1.05 bits per heavy atom. The highest BCUT2D eigenvalue weighted by Crippen LogP contribution is 2.29. The summed E-state index contributed by atoms with van der Waals surface area (Å²) in [7, 11) is 0. The zero-order valence-corrected chi connectivity index (χ0v) is 11.6. The first kappa shape index (κ1) is 13.4. The summed E-state index contributed by atoms with van der Waals surface area (Å²) in [4.78, 5) is 4.33. The first-order chi connectivity index (χ1) is 10.1. The predicted molar refractivity (Wildman–Crippen MR) is 81.6 cm³/mol. The molecule has 4 heteroatoms. The molecular weight excluding hydrogens is 267 g/mol. The van der Waals surface area contributed by atoms with Crippen LogP contribution in [0.25, 0.3) is 10.9 Å². The van der Waals surface area contributed by atoms with E-state index in [2.05, 4.69) is 4.98 Å². The van der Waals surface area contributed by atoms with Crippen molar-refractivity contribution in [2.75, 3.05) is 5.73 Å². The van der Waals surface area contributed by atoms with E-state index in [1.165, 1.54) is 12.1 Å². The molecule has 0 radical (unpaired) electrons. The van der Waals surface area contributed by atoms with Crippen LogP contribution >= 0.6 is 0 Å². The van der Waals surface area contributed by atoms with Gasteiger partial charge in [-0.2, -0.15) is 0 Å². The van der Waals surface area contributed by atoms with Gasteiger partial charge in [-0.1, -0.05) is 24.3 Å². The summed E-state index contributed by atoms with van der Waals surface area (Å²) >= 11 is 0. The minimum atomic E-state index is -0.259. The molecule has 0 bridgehead atoms. The van der Waals surface area contributed by atoms with Crippen LogP contribution in [0.1, 0.15) is 18.6 Å². The number of aromatic nitrogens is 1. The third-order valence-electron chi connectivity index (χ3n) is 3.35. The lowest BCUT2D eigenvalue weighted by atomic mass is 10.1. The van der Waals surface area contributed by atoms with Crippen LogP contribution in [0.4, 0.5) is 10.2 Å². The fourth-order valence-corrected chi connectivity index (χ4v) is 2.22. The lowest BCUT2D eigenvalue weighted by Gasteiger charge is -2.16. The fraction of sp³-hybridized carbons (Fsp3) is 0.118. The Bertz CT molecular complexity index is 771. The molecule has 106 valence electrons. The molecule has 2 N–H and O–H groups in total. The molecular formula is C17H15FN2O. The molecule has 0 fully saturated rings.